The second-order valence-electron chi connectivity index (χ2n) is 2.82. The normalized spacial score (nSPS) is 10.1. The van der Waals surface area contributed by atoms with Crippen molar-refractivity contribution in [3.63, 3.8) is 0 Å². The van der Waals surface area contributed by atoms with Gasteiger partial charge in [0.1, 0.15) is 5.01 Å². The number of hydrogen-bond acceptors (Lipinski definition) is 6. The zero-order valence-corrected chi connectivity index (χ0v) is 8.84. The number of carbonyl (C=O) groups excluding carboxylic acids is 1. The summed E-state index contributed by atoms with van der Waals surface area (Å²) < 4.78 is 4.52. The van der Waals surface area contributed by atoms with Crippen LogP contribution in [-0.4, -0.2) is 23.3 Å². The van der Waals surface area contributed by atoms with Gasteiger partial charge in [-0.1, -0.05) is 11.3 Å². The standard InChI is InChI=1S/C8H13N3O2S/c1-13-7(12)5-3-2-4-6-10-11-8(9)14-6/h2-5H2,1H3,(H2,9,11). The van der Waals surface area contributed by atoms with Crippen LogP contribution in [0.5, 0.6) is 0 Å². The van der Waals surface area contributed by atoms with Gasteiger partial charge in [0, 0.05) is 12.8 Å². The number of aryl methyl sites for hydroxylation is 1. The summed E-state index contributed by atoms with van der Waals surface area (Å²) >= 11 is 1.39. The highest BCUT2D eigenvalue weighted by atomic mass is 32.1. The summed E-state index contributed by atoms with van der Waals surface area (Å²) in [7, 11) is 1.40. The highest BCUT2D eigenvalue weighted by molar-refractivity contribution is 7.15. The fourth-order valence-corrected chi connectivity index (χ4v) is 1.67. The van der Waals surface area contributed by atoms with Crippen molar-refractivity contribution in [2.45, 2.75) is 25.7 Å². The zero-order valence-electron chi connectivity index (χ0n) is 8.02. The number of hydrogen-bond donors (Lipinski definition) is 1. The number of nitrogens with zero attached hydrogens (tertiary/aromatic N) is 2. The largest absolute Gasteiger partial charge is 0.469 e. The molecule has 1 heterocycles. The summed E-state index contributed by atoms with van der Waals surface area (Å²) in [5.41, 5.74) is 5.42. The monoisotopic (exact) mass is 215 g/mol. The maximum atomic E-state index is 10.8. The molecule has 6 heteroatoms. The smallest absolute Gasteiger partial charge is 0.305 e. The molecule has 0 aliphatic rings. The molecule has 5 nitrogen and oxygen atoms in total. The van der Waals surface area contributed by atoms with Crippen LogP contribution in [0.2, 0.25) is 0 Å². The Balaban J connectivity index is 2.13. The quantitative estimate of drug-likeness (QED) is 0.585. The number of methoxy groups -OCH3 is 1. The van der Waals surface area contributed by atoms with Gasteiger partial charge in [0.15, 0.2) is 0 Å². The van der Waals surface area contributed by atoms with Crippen LogP contribution in [0.3, 0.4) is 0 Å². The summed E-state index contributed by atoms with van der Waals surface area (Å²) in [6.07, 6.45) is 3.01. The number of aromatic nitrogens is 2. The highest BCUT2D eigenvalue weighted by Crippen LogP contribution is 2.13. The molecule has 0 bridgehead atoms. The summed E-state index contributed by atoms with van der Waals surface area (Å²) in [5, 5.41) is 9.00. The van der Waals surface area contributed by atoms with Crippen LogP contribution in [0.1, 0.15) is 24.3 Å². The summed E-state index contributed by atoms with van der Waals surface area (Å²) in [6, 6.07) is 0. The van der Waals surface area contributed by atoms with Gasteiger partial charge < -0.3 is 10.5 Å². The minimum atomic E-state index is -0.165. The van der Waals surface area contributed by atoms with E-state index in [1.54, 1.807) is 0 Å². The first-order valence-corrected chi connectivity index (χ1v) is 5.18. The number of ether oxygens (including phenoxy) is 1. The van der Waals surface area contributed by atoms with Crippen molar-refractivity contribution in [3.05, 3.63) is 5.01 Å². The van der Waals surface area contributed by atoms with E-state index in [4.69, 9.17) is 5.73 Å². The molecule has 0 atom stereocenters. The molecule has 78 valence electrons. The molecule has 0 radical (unpaired) electrons. The number of nitrogens with two attached hydrogens (primary N) is 1. The third-order valence-electron chi connectivity index (χ3n) is 1.73. The van der Waals surface area contributed by atoms with Crippen LogP contribution in [-0.2, 0) is 16.0 Å². The molecule has 0 spiro atoms. The molecule has 0 aliphatic carbocycles. The minimum absolute atomic E-state index is 0.165. The molecule has 1 aromatic rings. The molecule has 0 aliphatic heterocycles. The first-order chi connectivity index (χ1) is 6.72. The Bertz CT molecular complexity index is 301. The highest BCUT2D eigenvalue weighted by Gasteiger charge is 2.02. The molecule has 1 aromatic heterocycles. The van der Waals surface area contributed by atoms with Gasteiger partial charge in [0.05, 0.1) is 7.11 Å². The molecule has 0 aromatic carbocycles. The molecular weight excluding hydrogens is 202 g/mol. The van der Waals surface area contributed by atoms with Crippen LogP contribution in [0.25, 0.3) is 0 Å². The third-order valence-corrected chi connectivity index (χ3v) is 2.54. The van der Waals surface area contributed by atoms with Crippen LogP contribution in [0.4, 0.5) is 5.13 Å². The molecule has 0 saturated carbocycles. The lowest BCUT2D eigenvalue weighted by molar-refractivity contribution is -0.140. The summed E-state index contributed by atoms with van der Waals surface area (Å²) in [6.45, 7) is 0. The topological polar surface area (TPSA) is 78.1 Å². The molecule has 0 unspecified atom stereocenters. The molecule has 0 saturated heterocycles. The molecule has 0 fully saturated rings. The van der Waals surface area contributed by atoms with Crippen molar-refractivity contribution in [1.82, 2.24) is 10.2 Å². The van der Waals surface area contributed by atoms with Crippen molar-refractivity contribution in [2.24, 2.45) is 0 Å². The van der Waals surface area contributed by atoms with Crippen LogP contribution in [0, 0.1) is 0 Å². The number of carbonyl (C=O) groups is 1. The number of esters is 1. The maximum absolute atomic E-state index is 10.8. The number of nitrogen functional groups attached to an aromatic ring is 1. The Kier molecular flexibility index (Phi) is 4.31. The maximum Gasteiger partial charge on any atom is 0.305 e. The van der Waals surface area contributed by atoms with Crippen LogP contribution < -0.4 is 5.73 Å². The van der Waals surface area contributed by atoms with E-state index >= 15 is 0 Å². The fourth-order valence-electron chi connectivity index (χ4n) is 1.02. The van der Waals surface area contributed by atoms with Crippen LogP contribution >= 0.6 is 11.3 Å². The summed E-state index contributed by atoms with van der Waals surface area (Å²) in [4.78, 5) is 10.8. The van der Waals surface area contributed by atoms with Gasteiger partial charge in [-0.05, 0) is 12.8 Å². The second-order valence-corrected chi connectivity index (χ2v) is 3.91. The second kappa shape index (κ2) is 5.54. The van der Waals surface area contributed by atoms with Gasteiger partial charge in [0.2, 0.25) is 5.13 Å². The Hall–Kier alpha value is -1.17. The lowest BCUT2D eigenvalue weighted by Crippen LogP contribution is -1.99. The van der Waals surface area contributed by atoms with E-state index in [-0.39, 0.29) is 5.97 Å². The molecule has 2 N–H and O–H groups in total. The molecular formula is C8H13N3O2S. The van der Waals surface area contributed by atoms with Gasteiger partial charge in [-0.2, -0.15) is 0 Å². The Labute approximate surface area is 86.3 Å². The van der Waals surface area contributed by atoms with E-state index in [9.17, 15) is 4.79 Å². The fraction of sp³-hybridized carbons (Fsp3) is 0.625. The summed E-state index contributed by atoms with van der Waals surface area (Å²) in [5.74, 6) is -0.165. The van der Waals surface area contributed by atoms with Gasteiger partial charge in [-0.3, -0.25) is 4.79 Å². The Morgan fingerprint density at radius 2 is 2.29 bits per heavy atom. The van der Waals surface area contributed by atoms with Crippen molar-refractivity contribution in [1.29, 1.82) is 0 Å². The van der Waals surface area contributed by atoms with Crippen LogP contribution in [0.15, 0.2) is 0 Å². The number of anilines is 1. The minimum Gasteiger partial charge on any atom is -0.469 e. The molecule has 1 rings (SSSR count). The SMILES string of the molecule is COC(=O)CCCCc1nnc(N)s1. The number of rotatable bonds is 5. The Morgan fingerprint density at radius 3 is 2.86 bits per heavy atom. The average molecular weight is 215 g/mol. The number of unbranched alkanes of at least 4 members (excludes halogenated alkanes) is 1. The van der Waals surface area contributed by atoms with E-state index in [0.29, 0.717) is 11.6 Å². The van der Waals surface area contributed by atoms with Gasteiger partial charge in [-0.15, -0.1) is 10.2 Å². The molecule has 0 amide bonds. The predicted octanol–water partition coefficient (Wildman–Crippen LogP) is 1.01. The van der Waals surface area contributed by atoms with E-state index in [1.807, 2.05) is 0 Å². The van der Waals surface area contributed by atoms with E-state index < -0.39 is 0 Å². The average Bonchev–Trinajstić information content (AvgIpc) is 2.58. The lowest BCUT2D eigenvalue weighted by Gasteiger charge is -1.97. The molecule has 14 heavy (non-hydrogen) atoms. The van der Waals surface area contributed by atoms with Crippen molar-refractivity contribution in [2.75, 3.05) is 12.8 Å². The van der Waals surface area contributed by atoms with E-state index in [2.05, 4.69) is 14.9 Å². The van der Waals surface area contributed by atoms with E-state index in [1.165, 1.54) is 18.4 Å². The predicted molar refractivity (Wildman–Crippen MR) is 53.9 cm³/mol. The van der Waals surface area contributed by atoms with Crippen molar-refractivity contribution >= 4 is 22.4 Å². The first-order valence-electron chi connectivity index (χ1n) is 4.37. The van der Waals surface area contributed by atoms with Gasteiger partial charge >= 0.3 is 5.97 Å². The Morgan fingerprint density at radius 1 is 1.50 bits per heavy atom. The van der Waals surface area contributed by atoms with Crippen molar-refractivity contribution < 1.29 is 9.53 Å². The zero-order chi connectivity index (χ0) is 10.4. The lowest BCUT2D eigenvalue weighted by atomic mass is 10.2. The van der Waals surface area contributed by atoms with Gasteiger partial charge in [0.25, 0.3) is 0 Å². The van der Waals surface area contributed by atoms with Gasteiger partial charge in [-0.25, -0.2) is 0 Å². The third kappa shape index (κ3) is 3.69. The van der Waals surface area contributed by atoms with Crippen molar-refractivity contribution in [3.8, 4) is 0 Å². The first kappa shape index (κ1) is 10.9. The van der Waals surface area contributed by atoms with E-state index in [0.717, 1.165) is 24.3 Å².